The number of rotatable bonds is 6. The van der Waals surface area contributed by atoms with Crippen molar-refractivity contribution in [1.82, 2.24) is 0 Å². The van der Waals surface area contributed by atoms with Gasteiger partial charge in [-0.25, -0.2) is 4.39 Å². The Balaban J connectivity index is 2.77. The van der Waals surface area contributed by atoms with Crippen LogP contribution in [0.3, 0.4) is 0 Å². The molecule has 0 radical (unpaired) electrons. The summed E-state index contributed by atoms with van der Waals surface area (Å²) in [5.74, 6) is -0.474. The Morgan fingerprint density at radius 3 is 2.82 bits per heavy atom. The number of likely N-dealkylation sites (N-methyl/N-ethyl adjacent to an activating group) is 1. The summed E-state index contributed by atoms with van der Waals surface area (Å²) >= 11 is 0. The molecule has 5 heteroatoms. The van der Waals surface area contributed by atoms with E-state index in [4.69, 9.17) is 4.74 Å². The number of aliphatic hydroxyl groups excluding tert-OH is 1. The van der Waals surface area contributed by atoms with Crippen molar-refractivity contribution < 1.29 is 19.0 Å². The van der Waals surface area contributed by atoms with E-state index in [1.807, 2.05) is 0 Å². The fourth-order valence-corrected chi connectivity index (χ4v) is 1.55. The van der Waals surface area contributed by atoms with Crippen LogP contribution in [0.5, 0.6) is 0 Å². The number of nitrogens with zero attached hydrogens (tertiary/aromatic N) is 1. The highest BCUT2D eigenvalue weighted by atomic mass is 19.1. The van der Waals surface area contributed by atoms with Gasteiger partial charge in [0.05, 0.1) is 12.7 Å². The molecule has 17 heavy (non-hydrogen) atoms. The van der Waals surface area contributed by atoms with E-state index in [0.29, 0.717) is 18.5 Å². The second-order valence-electron chi connectivity index (χ2n) is 3.85. The van der Waals surface area contributed by atoms with Crippen LogP contribution in [0.25, 0.3) is 0 Å². The van der Waals surface area contributed by atoms with E-state index in [-0.39, 0.29) is 12.2 Å². The van der Waals surface area contributed by atoms with E-state index in [2.05, 4.69) is 0 Å². The summed E-state index contributed by atoms with van der Waals surface area (Å²) in [7, 11) is 3.21. The number of methoxy groups -OCH3 is 1. The summed E-state index contributed by atoms with van der Waals surface area (Å²) in [6.45, 7) is 0.510. The Kier molecular flexibility index (Phi) is 5.06. The largest absolute Gasteiger partial charge is 0.389 e. The van der Waals surface area contributed by atoms with Crippen molar-refractivity contribution in [3.8, 4) is 0 Å². The first-order chi connectivity index (χ1) is 8.06. The van der Waals surface area contributed by atoms with Gasteiger partial charge in [-0.05, 0) is 18.2 Å². The molecule has 0 bridgehead atoms. The van der Waals surface area contributed by atoms with Gasteiger partial charge < -0.3 is 14.7 Å². The number of aliphatic hydroxyl groups is 1. The van der Waals surface area contributed by atoms with Gasteiger partial charge >= 0.3 is 0 Å². The zero-order valence-electron chi connectivity index (χ0n) is 9.89. The van der Waals surface area contributed by atoms with Crippen LogP contribution in [0, 0.1) is 5.82 Å². The first kappa shape index (κ1) is 13.6. The lowest BCUT2D eigenvalue weighted by molar-refractivity contribution is 0.0695. The lowest BCUT2D eigenvalue weighted by atomic mass is 10.2. The van der Waals surface area contributed by atoms with Gasteiger partial charge in [0, 0.05) is 32.0 Å². The number of hydrogen-bond acceptors (Lipinski definition) is 4. The molecule has 0 aliphatic carbocycles. The lowest BCUT2D eigenvalue weighted by Gasteiger charge is -2.22. The number of carbonyl (C=O) groups is 1. The summed E-state index contributed by atoms with van der Waals surface area (Å²) < 4.78 is 18.0. The molecule has 1 rings (SSSR count). The van der Waals surface area contributed by atoms with Crippen LogP contribution in [-0.4, -0.2) is 44.8 Å². The standard InChI is InChI=1S/C12H16FNO3/c1-14(6-12(16)8-17-2)11-4-9(7-15)3-10(13)5-11/h3-5,7,12,16H,6,8H2,1-2H3. The second kappa shape index (κ2) is 6.32. The van der Waals surface area contributed by atoms with Gasteiger partial charge in [-0.2, -0.15) is 0 Å². The maximum atomic E-state index is 13.2. The summed E-state index contributed by atoms with van der Waals surface area (Å²) in [4.78, 5) is 12.3. The highest BCUT2D eigenvalue weighted by molar-refractivity contribution is 5.77. The molecule has 0 aliphatic rings. The van der Waals surface area contributed by atoms with Crippen molar-refractivity contribution in [2.24, 2.45) is 0 Å². The molecule has 0 aliphatic heterocycles. The molecule has 0 spiro atoms. The molecule has 94 valence electrons. The van der Waals surface area contributed by atoms with Gasteiger partial charge in [0.25, 0.3) is 0 Å². The highest BCUT2D eigenvalue weighted by Gasteiger charge is 2.10. The van der Waals surface area contributed by atoms with E-state index in [1.165, 1.54) is 13.2 Å². The molecule has 4 nitrogen and oxygen atoms in total. The third-order valence-electron chi connectivity index (χ3n) is 2.33. The van der Waals surface area contributed by atoms with Gasteiger partial charge in [0.15, 0.2) is 0 Å². The average molecular weight is 241 g/mol. The number of anilines is 1. The van der Waals surface area contributed by atoms with Crippen molar-refractivity contribution in [3.63, 3.8) is 0 Å². The predicted molar refractivity (Wildman–Crippen MR) is 62.9 cm³/mol. The third-order valence-corrected chi connectivity index (χ3v) is 2.33. The topological polar surface area (TPSA) is 49.8 Å². The number of carbonyl (C=O) groups excluding carboxylic acids is 1. The smallest absolute Gasteiger partial charge is 0.150 e. The normalized spacial score (nSPS) is 12.2. The fourth-order valence-electron chi connectivity index (χ4n) is 1.55. The summed E-state index contributed by atoms with van der Waals surface area (Å²) in [6, 6.07) is 4.04. The predicted octanol–water partition coefficient (Wildman–Crippen LogP) is 1.08. The summed E-state index contributed by atoms with van der Waals surface area (Å²) in [5, 5.41) is 9.55. The van der Waals surface area contributed by atoms with Crippen LogP contribution < -0.4 is 4.90 Å². The van der Waals surface area contributed by atoms with Gasteiger partial charge in [0.1, 0.15) is 12.1 Å². The van der Waals surface area contributed by atoms with Crippen molar-refractivity contribution in [1.29, 1.82) is 0 Å². The quantitative estimate of drug-likeness (QED) is 0.757. The van der Waals surface area contributed by atoms with E-state index < -0.39 is 11.9 Å². The zero-order valence-corrected chi connectivity index (χ0v) is 9.89. The second-order valence-corrected chi connectivity index (χ2v) is 3.85. The fraction of sp³-hybridized carbons (Fsp3) is 0.417. The number of benzene rings is 1. The Morgan fingerprint density at radius 1 is 1.53 bits per heavy atom. The maximum absolute atomic E-state index is 13.2. The molecule has 0 saturated heterocycles. The van der Waals surface area contributed by atoms with Crippen molar-refractivity contribution in [3.05, 3.63) is 29.6 Å². The van der Waals surface area contributed by atoms with E-state index >= 15 is 0 Å². The van der Waals surface area contributed by atoms with Gasteiger partial charge in [-0.1, -0.05) is 0 Å². The van der Waals surface area contributed by atoms with E-state index in [9.17, 15) is 14.3 Å². The van der Waals surface area contributed by atoms with Crippen LogP contribution in [0.15, 0.2) is 18.2 Å². The average Bonchev–Trinajstić information content (AvgIpc) is 2.28. The van der Waals surface area contributed by atoms with Gasteiger partial charge in [-0.15, -0.1) is 0 Å². The number of ether oxygens (including phenoxy) is 1. The minimum atomic E-state index is -0.659. The Hall–Kier alpha value is -1.46. The van der Waals surface area contributed by atoms with Crippen LogP contribution in [0.4, 0.5) is 10.1 Å². The first-order valence-electron chi connectivity index (χ1n) is 5.20. The molecule has 0 aromatic heterocycles. The molecule has 1 aromatic rings. The number of hydrogen-bond donors (Lipinski definition) is 1. The summed E-state index contributed by atoms with van der Waals surface area (Å²) in [6.07, 6.45) is -0.0700. The van der Waals surface area contributed by atoms with Crippen LogP contribution in [0.2, 0.25) is 0 Å². The first-order valence-corrected chi connectivity index (χ1v) is 5.20. The number of halogens is 1. The van der Waals surface area contributed by atoms with Crippen LogP contribution in [0.1, 0.15) is 10.4 Å². The third kappa shape index (κ3) is 4.13. The van der Waals surface area contributed by atoms with Gasteiger partial charge in [0.2, 0.25) is 0 Å². The number of aldehydes is 1. The molecular formula is C12H16FNO3. The van der Waals surface area contributed by atoms with Crippen molar-refractivity contribution in [2.45, 2.75) is 6.10 Å². The van der Waals surface area contributed by atoms with Crippen molar-refractivity contribution in [2.75, 3.05) is 32.2 Å². The molecular weight excluding hydrogens is 225 g/mol. The van der Waals surface area contributed by atoms with Gasteiger partial charge in [-0.3, -0.25) is 4.79 Å². The van der Waals surface area contributed by atoms with Crippen molar-refractivity contribution >= 4 is 12.0 Å². The minimum Gasteiger partial charge on any atom is -0.389 e. The van der Waals surface area contributed by atoms with E-state index in [1.54, 1.807) is 18.0 Å². The minimum absolute atomic E-state index is 0.209. The highest BCUT2D eigenvalue weighted by Crippen LogP contribution is 2.16. The molecule has 1 unspecified atom stereocenters. The Bertz CT molecular complexity index is 384. The SMILES string of the molecule is COCC(O)CN(C)c1cc(F)cc(C=O)c1. The monoisotopic (exact) mass is 241 g/mol. The molecule has 0 amide bonds. The van der Waals surface area contributed by atoms with Crippen LogP contribution >= 0.6 is 0 Å². The molecule has 0 fully saturated rings. The Labute approximate surface area is 99.6 Å². The molecule has 0 saturated carbocycles. The molecule has 1 atom stereocenters. The maximum Gasteiger partial charge on any atom is 0.150 e. The Morgan fingerprint density at radius 2 is 2.24 bits per heavy atom. The van der Waals surface area contributed by atoms with Crippen LogP contribution in [-0.2, 0) is 4.74 Å². The molecule has 1 N–H and O–H groups in total. The molecule has 1 aromatic carbocycles. The molecule has 0 heterocycles. The zero-order chi connectivity index (χ0) is 12.8. The lowest BCUT2D eigenvalue weighted by Crippen LogP contribution is -2.31. The van der Waals surface area contributed by atoms with E-state index in [0.717, 1.165) is 6.07 Å². The summed E-state index contributed by atoms with van der Waals surface area (Å²) in [5.41, 5.74) is 0.815.